The quantitative estimate of drug-likeness (QED) is 0.751. The Morgan fingerprint density at radius 2 is 2.46 bits per heavy atom. The van der Waals surface area contributed by atoms with Crippen molar-refractivity contribution >= 4 is 23.0 Å². The molecule has 0 atom stereocenters. The van der Waals surface area contributed by atoms with Crippen molar-refractivity contribution in [1.29, 1.82) is 0 Å². The summed E-state index contributed by atoms with van der Waals surface area (Å²) in [5.74, 6) is -0.803. The normalized spacial score (nSPS) is 11.6. The fourth-order valence-electron chi connectivity index (χ4n) is 0.882. The number of carboxylic acid groups (broad SMARTS) is 1. The molecule has 0 fully saturated rings. The number of hydrogen-bond acceptors (Lipinski definition) is 3. The summed E-state index contributed by atoms with van der Waals surface area (Å²) in [7, 11) is 0. The Balaban J connectivity index is 2.48. The van der Waals surface area contributed by atoms with Crippen LogP contribution >= 0.6 is 11.3 Å². The number of nitrogens with zero attached hydrogens (tertiary/aromatic N) is 1. The smallest absolute Gasteiger partial charge is 0.305 e. The molecule has 0 aliphatic heterocycles. The zero-order chi connectivity index (χ0) is 9.68. The number of hydrogen-bond donors (Lipinski definition) is 1. The number of carboxylic acids is 1. The molecule has 13 heavy (non-hydrogen) atoms. The first-order valence-electron chi connectivity index (χ1n) is 3.97. The van der Waals surface area contributed by atoms with E-state index in [1.807, 2.05) is 24.4 Å². The average Bonchev–Trinajstić information content (AvgIpc) is 2.55. The number of rotatable bonds is 4. The van der Waals surface area contributed by atoms with Gasteiger partial charge in [-0.1, -0.05) is 6.07 Å². The van der Waals surface area contributed by atoms with Crippen LogP contribution < -0.4 is 0 Å². The van der Waals surface area contributed by atoms with Gasteiger partial charge in [0.1, 0.15) is 0 Å². The second kappa shape index (κ2) is 4.77. The van der Waals surface area contributed by atoms with E-state index in [4.69, 9.17) is 5.11 Å². The Labute approximate surface area is 80.7 Å². The minimum Gasteiger partial charge on any atom is -0.481 e. The van der Waals surface area contributed by atoms with E-state index in [1.165, 1.54) is 0 Å². The molecule has 1 N–H and O–H groups in total. The largest absolute Gasteiger partial charge is 0.481 e. The van der Waals surface area contributed by atoms with Gasteiger partial charge >= 0.3 is 5.97 Å². The molecule has 1 aromatic heterocycles. The van der Waals surface area contributed by atoms with Gasteiger partial charge in [-0.3, -0.25) is 9.79 Å². The van der Waals surface area contributed by atoms with Crippen molar-refractivity contribution in [3.05, 3.63) is 22.4 Å². The van der Waals surface area contributed by atoms with Crippen LogP contribution in [0.2, 0.25) is 0 Å². The van der Waals surface area contributed by atoms with Crippen molar-refractivity contribution in [3.63, 3.8) is 0 Å². The molecule has 0 aliphatic rings. The third kappa shape index (κ3) is 3.38. The van der Waals surface area contributed by atoms with Crippen molar-refractivity contribution in [2.45, 2.75) is 13.3 Å². The maximum absolute atomic E-state index is 10.2. The fourth-order valence-corrected chi connectivity index (χ4v) is 1.58. The van der Waals surface area contributed by atoms with Crippen LogP contribution in [0, 0.1) is 0 Å². The summed E-state index contributed by atoms with van der Waals surface area (Å²) in [5.41, 5.74) is 0.913. The van der Waals surface area contributed by atoms with Crippen molar-refractivity contribution in [2.75, 3.05) is 6.54 Å². The lowest BCUT2D eigenvalue weighted by molar-refractivity contribution is -0.136. The topological polar surface area (TPSA) is 49.7 Å². The van der Waals surface area contributed by atoms with E-state index in [2.05, 4.69) is 4.99 Å². The van der Waals surface area contributed by atoms with Crippen LogP contribution in [-0.4, -0.2) is 23.3 Å². The molecule has 0 unspecified atom stereocenters. The molecule has 0 radical (unpaired) electrons. The molecular weight excluding hydrogens is 186 g/mol. The van der Waals surface area contributed by atoms with Gasteiger partial charge in [0.15, 0.2) is 0 Å². The van der Waals surface area contributed by atoms with Crippen molar-refractivity contribution in [2.24, 2.45) is 4.99 Å². The van der Waals surface area contributed by atoms with Gasteiger partial charge in [0.05, 0.1) is 6.42 Å². The molecule has 70 valence electrons. The number of carbonyl (C=O) groups is 1. The summed E-state index contributed by atoms with van der Waals surface area (Å²) in [6.45, 7) is 2.26. The van der Waals surface area contributed by atoms with E-state index in [9.17, 15) is 4.79 Å². The summed E-state index contributed by atoms with van der Waals surface area (Å²) < 4.78 is 0. The summed E-state index contributed by atoms with van der Waals surface area (Å²) in [4.78, 5) is 15.5. The molecule has 1 heterocycles. The Kier molecular flexibility index (Phi) is 3.64. The van der Waals surface area contributed by atoms with E-state index in [-0.39, 0.29) is 6.42 Å². The standard InChI is InChI=1S/C9H11NO2S/c1-7(8-3-2-6-13-8)10-5-4-9(11)12/h2-3,6H,4-5H2,1H3,(H,11,12). The van der Waals surface area contributed by atoms with Crippen LogP contribution in [-0.2, 0) is 4.79 Å². The zero-order valence-electron chi connectivity index (χ0n) is 7.36. The number of thiophene rings is 1. The number of aliphatic imine (C=N–C) groups is 1. The Morgan fingerprint density at radius 1 is 1.69 bits per heavy atom. The molecule has 1 aromatic rings. The highest BCUT2D eigenvalue weighted by Crippen LogP contribution is 2.09. The minimum absolute atomic E-state index is 0.0999. The fraction of sp³-hybridized carbons (Fsp3) is 0.333. The SMILES string of the molecule is CC(=NCCC(=O)O)c1cccs1. The minimum atomic E-state index is -0.803. The summed E-state index contributed by atoms with van der Waals surface area (Å²) in [6, 6.07) is 3.93. The van der Waals surface area contributed by atoms with Gasteiger partial charge in [0.2, 0.25) is 0 Å². The highest BCUT2D eigenvalue weighted by molar-refractivity contribution is 7.12. The van der Waals surface area contributed by atoms with E-state index in [1.54, 1.807) is 11.3 Å². The van der Waals surface area contributed by atoms with E-state index >= 15 is 0 Å². The van der Waals surface area contributed by atoms with Gasteiger partial charge in [-0.25, -0.2) is 0 Å². The van der Waals surface area contributed by atoms with Gasteiger partial charge in [0, 0.05) is 17.1 Å². The van der Waals surface area contributed by atoms with E-state index < -0.39 is 5.97 Å². The average molecular weight is 197 g/mol. The lowest BCUT2D eigenvalue weighted by atomic mass is 10.3. The van der Waals surface area contributed by atoms with Crippen LogP contribution in [0.5, 0.6) is 0 Å². The highest BCUT2D eigenvalue weighted by Gasteiger charge is 1.98. The molecule has 4 heteroatoms. The summed E-state index contributed by atoms with van der Waals surface area (Å²) >= 11 is 1.61. The monoisotopic (exact) mass is 197 g/mol. The molecule has 0 spiro atoms. The van der Waals surface area contributed by atoms with Gasteiger partial charge in [-0.15, -0.1) is 11.3 Å². The van der Waals surface area contributed by atoms with Gasteiger partial charge in [-0.05, 0) is 18.4 Å². The maximum atomic E-state index is 10.2. The molecule has 0 aromatic carbocycles. The lowest BCUT2D eigenvalue weighted by Crippen LogP contribution is -1.99. The predicted molar refractivity (Wildman–Crippen MR) is 53.6 cm³/mol. The van der Waals surface area contributed by atoms with Crippen LogP contribution in [0.3, 0.4) is 0 Å². The molecule has 0 saturated heterocycles. The zero-order valence-corrected chi connectivity index (χ0v) is 8.17. The molecule has 1 rings (SSSR count). The third-order valence-corrected chi connectivity index (χ3v) is 2.53. The van der Waals surface area contributed by atoms with Crippen LogP contribution in [0.25, 0.3) is 0 Å². The van der Waals surface area contributed by atoms with E-state index in [0.717, 1.165) is 10.6 Å². The number of aliphatic carboxylic acids is 1. The van der Waals surface area contributed by atoms with E-state index in [0.29, 0.717) is 6.54 Å². The molecular formula is C9H11NO2S. The molecule has 0 amide bonds. The second-order valence-electron chi connectivity index (χ2n) is 2.59. The Bertz CT molecular complexity index is 303. The first kappa shape index (κ1) is 9.92. The van der Waals surface area contributed by atoms with Gasteiger partial charge in [-0.2, -0.15) is 0 Å². The van der Waals surface area contributed by atoms with Crippen molar-refractivity contribution in [3.8, 4) is 0 Å². The molecule has 0 bridgehead atoms. The van der Waals surface area contributed by atoms with Crippen molar-refractivity contribution in [1.82, 2.24) is 0 Å². The molecule has 0 aliphatic carbocycles. The molecule has 0 saturated carbocycles. The highest BCUT2D eigenvalue weighted by atomic mass is 32.1. The summed E-state index contributed by atoms with van der Waals surface area (Å²) in [5, 5.41) is 10.4. The first-order chi connectivity index (χ1) is 6.20. The maximum Gasteiger partial charge on any atom is 0.305 e. The van der Waals surface area contributed by atoms with Gasteiger partial charge < -0.3 is 5.11 Å². The first-order valence-corrected chi connectivity index (χ1v) is 4.85. The Hall–Kier alpha value is -1.16. The Morgan fingerprint density at radius 3 is 3.00 bits per heavy atom. The van der Waals surface area contributed by atoms with Gasteiger partial charge in [0.25, 0.3) is 0 Å². The summed E-state index contributed by atoms with van der Waals surface area (Å²) in [6.07, 6.45) is 0.0999. The van der Waals surface area contributed by atoms with Crippen molar-refractivity contribution < 1.29 is 9.90 Å². The van der Waals surface area contributed by atoms with Crippen LogP contribution in [0.4, 0.5) is 0 Å². The second-order valence-corrected chi connectivity index (χ2v) is 3.54. The predicted octanol–water partition coefficient (Wildman–Crippen LogP) is 2.03. The lowest BCUT2D eigenvalue weighted by Gasteiger charge is -1.94. The molecule has 3 nitrogen and oxygen atoms in total. The third-order valence-electron chi connectivity index (χ3n) is 1.55. The van der Waals surface area contributed by atoms with Crippen LogP contribution in [0.1, 0.15) is 18.2 Å². The van der Waals surface area contributed by atoms with Crippen LogP contribution in [0.15, 0.2) is 22.5 Å².